The summed E-state index contributed by atoms with van der Waals surface area (Å²) in [6, 6.07) is 39.3. The zero-order valence-electron chi connectivity index (χ0n) is 21.5. The van der Waals surface area contributed by atoms with E-state index in [0.29, 0.717) is 5.82 Å². The van der Waals surface area contributed by atoms with Crippen molar-refractivity contribution in [3.8, 4) is 16.8 Å². The number of imidazole rings is 1. The summed E-state index contributed by atoms with van der Waals surface area (Å²) >= 11 is 0. The van der Waals surface area contributed by atoms with Crippen LogP contribution in [-0.2, 0) is 5.11 Å². The number of nitrogens with zero attached hydrogens (tertiary/aromatic N) is 2. The first-order chi connectivity index (χ1) is 19.5. The third kappa shape index (κ3) is 3.32. The fraction of sp³-hybridized carbons (Fsp3) is 0.0294. The summed E-state index contributed by atoms with van der Waals surface area (Å²) in [5.74, 6) is 0.392. The van der Waals surface area contributed by atoms with Gasteiger partial charge in [-0.15, -0.1) is 0 Å². The molecule has 0 amide bonds. The van der Waals surface area contributed by atoms with E-state index in [9.17, 15) is 0 Å². The van der Waals surface area contributed by atoms with Gasteiger partial charge in [-0.2, -0.15) is 0 Å². The molecule has 0 saturated heterocycles. The Hall–Kier alpha value is -4.70. The molecule has 6 aromatic carbocycles. The molecule has 0 aliphatic heterocycles. The number of para-hydroxylation sites is 3. The van der Waals surface area contributed by atoms with Crippen LogP contribution >= 0.6 is 0 Å². The summed E-state index contributed by atoms with van der Waals surface area (Å²) in [5, 5.41) is 4.83. The van der Waals surface area contributed by atoms with E-state index in [1.165, 1.54) is 0 Å². The van der Waals surface area contributed by atoms with Crippen molar-refractivity contribution in [1.29, 1.82) is 0 Å². The molecule has 0 atom stereocenters. The van der Waals surface area contributed by atoms with Crippen molar-refractivity contribution < 1.29 is 4.42 Å². The van der Waals surface area contributed by atoms with Gasteiger partial charge in [0, 0.05) is 21.5 Å². The molecule has 180 valence electrons. The Kier molecular flexibility index (Phi) is 4.88. The van der Waals surface area contributed by atoms with Crippen molar-refractivity contribution in [1.82, 2.24) is 9.55 Å². The number of aromatic nitrogens is 2. The lowest BCUT2D eigenvalue weighted by molar-refractivity contribution is 0.669. The van der Waals surface area contributed by atoms with Gasteiger partial charge in [0.1, 0.15) is 11.2 Å². The van der Waals surface area contributed by atoms with Gasteiger partial charge in [-0.05, 0) is 52.2 Å². The molecule has 6 radical (unpaired) electrons. The topological polar surface area (TPSA) is 31.0 Å². The standard InChI is InChI=1S/C34H19B3N2O/c35-34(36,37)33-38-27-14-6-7-15-28(27)39(33)32-24-12-3-1-10-22(24)31(23-11-2-4-13-25(23)32)20-17-18-30-26(19-20)21-9-5-8-16-29(21)40-30/h1-19H. The average Bonchev–Trinajstić information content (AvgIpc) is 3.54. The molecule has 2 aromatic heterocycles. The Balaban J connectivity index is 1.53. The predicted molar refractivity (Wildman–Crippen MR) is 168 cm³/mol. The van der Waals surface area contributed by atoms with Crippen LogP contribution in [0.3, 0.4) is 0 Å². The molecule has 0 aliphatic carbocycles. The fourth-order valence-corrected chi connectivity index (χ4v) is 6.08. The quantitative estimate of drug-likeness (QED) is 0.184. The van der Waals surface area contributed by atoms with Gasteiger partial charge in [0.05, 0.1) is 46.1 Å². The van der Waals surface area contributed by atoms with Crippen LogP contribution in [0.25, 0.3) is 71.3 Å². The third-order valence-electron chi connectivity index (χ3n) is 7.74. The maximum atomic E-state index is 6.32. The van der Waals surface area contributed by atoms with Crippen molar-refractivity contribution in [3.63, 3.8) is 0 Å². The number of hydrogen-bond acceptors (Lipinski definition) is 2. The summed E-state index contributed by atoms with van der Waals surface area (Å²) in [7, 11) is 19.0. The summed E-state index contributed by atoms with van der Waals surface area (Å²) in [6.45, 7) is 0. The molecule has 0 N–H and O–H groups in total. The molecule has 3 nitrogen and oxygen atoms in total. The first kappa shape index (κ1) is 23.2. The number of benzene rings is 6. The largest absolute Gasteiger partial charge is 0.456 e. The highest BCUT2D eigenvalue weighted by atomic mass is 16.3. The van der Waals surface area contributed by atoms with Crippen LogP contribution < -0.4 is 0 Å². The number of fused-ring (bicyclic) bond motifs is 6. The van der Waals surface area contributed by atoms with Gasteiger partial charge in [0.15, 0.2) is 0 Å². The SMILES string of the molecule is [B]C([B])([B])c1nc2ccccc2n1-c1c2ccccc2c(-c2ccc3oc4ccccc4c3c2)c2ccccc12. The smallest absolute Gasteiger partial charge is 0.135 e. The second-order valence-corrected chi connectivity index (χ2v) is 10.3. The Morgan fingerprint density at radius 1 is 0.575 bits per heavy atom. The summed E-state index contributed by atoms with van der Waals surface area (Å²) in [6.07, 6.45) is 0. The van der Waals surface area contributed by atoms with Gasteiger partial charge in [-0.25, -0.2) is 4.98 Å². The molecule has 2 heterocycles. The summed E-state index contributed by atoms with van der Waals surface area (Å²) < 4.78 is 8.15. The minimum Gasteiger partial charge on any atom is -0.456 e. The van der Waals surface area contributed by atoms with Crippen LogP contribution in [0.15, 0.2) is 120 Å². The van der Waals surface area contributed by atoms with Crippen LogP contribution in [-0.4, -0.2) is 33.1 Å². The van der Waals surface area contributed by atoms with E-state index in [4.69, 9.17) is 32.9 Å². The molecule has 0 aliphatic rings. The Labute approximate surface area is 234 Å². The van der Waals surface area contributed by atoms with E-state index in [2.05, 4.69) is 72.8 Å². The Morgan fingerprint density at radius 2 is 1.15 bits per heavy atom. The Bertz CT molecular complexity index is 2220. The molecule has 0 spiro atoms. The molecule has 6 heteroatoms. The molecule has 0 saturated carbocycles. The van der Waals surface area contributed by atoms with Gasteiger partial charge < -0.3 is 4.42 Å². The van der Waals surface area contributed by atoms with Gasteiger partial charge >= 0.3 is 0 Å². The zero-order chi connectivity index (χ0) is 27.0. The molecule has 0 bridgehead atoms. The average molecular weight is 504 g/mol. The summed E-state index contributed by atoms with van der Waals surface area (Å²) in [5.41, 5.74) is 6.62. The lowest BCUT2D eigenvalue weighted by Gasteiger charge is -2.25. The van der Waals surface area contributed by atoms with Crippen LogP contribution in [0.1, 0.15) is 5.82 Å². The first-order valence-electron chi connectivity index (χ1n) is 13.2. The van der Waals surface area contributed by atoms with E-state index in [0.717, 1.165) is 71.3 Å². The van der Waals surface area contributed by atoms with Gasteiger partial charge in [-0.3, -0.25) is 4.57 Å². The van der Waals surface area contributed by atoms with Crippen LogP contribution in [0.4, 0.5) is 0 Å². The van der Waals surface area contributed by atoms with Gasteiger partial charge in [-0.1, -0.05) is 90.0 Å². The molecule has 0 unspecified atom stereocenters. The third-order valence-corrected chi connectivity index (χ3v) is 7.74. The van der Waals surface area contributed by atoms with E-state index < -0.39 is 5.11 Å². The maximum Gasteiger partial charge on any atom is 0.135 e. The summed E-state index contributed by atoms with van der Waals surface area (Å²) in [4.78, 5) is 4.79. The van der Waals surface area contributed by atoms with E-state index in [-0.39, 0.29) is 0 Å². The second kappa shape index (κ2) is 8.40. The molecule has 0 fully saturated rings. The van der Waals surface area contributed by atoms with Crippen molar-refractivity contribution in [2.24, 2.45) is 0 Å². The molecule has 8 rings (SSSR count). The predicted octanol–water partition coefficient (Wildman–Crippen LogP) is 7.51. The van der Waals surface area contributed by atoms with Crippen LogP contribution in [0.5, 0.6) is 0 Å². The molecular formula is C34H19B3N2O. The fourth-order valence-electron chi connectivity index (χ4n) is 6.08. The van der Waals surface area contributed by atoms with Crippen LogP contribution in [0.2, 0.25) is 0 Å². The zero-order valence-corrected chi connectivity index (χ0v) is 21.5. The maximum absolute atomic E-state index is 6.32. The van der Waals surface area contributed by atoms with Crippen molar-refractivity contribution in [2.45, 2.75) is 5.11 Å². The monoisotopic (exact) mass is 504 g/mol. The van der Waals surface area contributed by atoms with Gasteiger partial charge in [0.25, 0.3) is 0 Å². The highest BCUT2D eigenvalue weighted by Gasteiger charge is 2.26. The lowest BCUT2D eigenvalue weighted by atomic mass is 9.42. The molecule has 40 heavy (non-hydrogen) atoms. The lowest BCUT2D eigenvalue weighted by Crippen LogP contribution is -2.31. The number of furan rings is 1. The van der Waals surface area contributed by atoms with Crippen LogP contribution in [0, 0.1) is 0 Å². The van der Waals surface area contributed by atoms with E-state index in [1.54, 1.807) is 0 Å². The minimum atomic E-state index is -1.65. The van der Waals surface area contributed by atoms with Crippen molar-refractivity contribution in [3.05, 3.63) is 121 Å². The second-order valence-electron chi connectivity index (χ2n) is 10.3. The molecular weight excluding hydrogens is 485 g/mol. The number of hydrogen-bond donors (Lipinski definition) is 0. The van der Waals surface area contributed by atoms with Crippen molar-refractivity contribution in [2.75, 3.05) is 0 Å². The van der Waals surface area contributed by atoms with Gasteiger partial charge in [0.2, 0.25) is 0 Å². The first-order valence-corrected chi connectivity index (χ1v) is 13.2. The highest BCUT2D eigenvalue weighted by molar-refractivity contribution is 6.58. The van der Waals surface area contributed by atoms with Crippen molar-refractivity contribution >= 4 is 78.1 Å². The minimum absolute atomic E-state index is 0.392. The number of rotatable bonds is 3. The highest BCUT2D eigenvalue weighted by Crippen LogP contribution is 2.44. The van der Waals surface area contributed by atoms with E-state index in [1.807, 2.05) is 47.0 Å². The van der Waals surface area contributed by atoms with E-state index >= 15 is 0 Å². The molecule has 8 aromatic rings. The Morgan fingerprint density at radius 3 is 1.85 bits per heavy atom. The normalized spacial score (nSPS) is 12.3.